The third kappa shape index (κ3) is 2.34. The molecule has 6 unspecified atom stereocenters. The lowest BCUT2D eigenvalue weighted by molar-refractivity contribution is 0.200. The molecule has 114 valence electrons. The Kier molecular flexibility index (Phi) is 3.37. The SMILES string of the molecule is Cc1cc(C)cc(C(C)NC2CC3CC2C2CCCC32)c1. The van der Waals surface area contributed by atoms with E-state index in [0.29, 0.717) is 6.04 Å². The van der Waals surface area contributed by atoms with Crippen molar-refractivity contribution in [3.05, 3.63) is 34.9 Å². The first-order valence-corrected chi connectivity index (χ1v) is 8.96. The number of fused-ring (bicyclic) bond motifs is 5. The highest BCUT2D eigenvalue weighted by Crippen LogP contribution is 2.58. The normalized spacial score (nSPS) is 38.7. The van der Waals surface area contributed by atoms with Gasteiger partial charge in [-0.1, -0.05) is 35.7 Å². The van der Waals surface area contributed by atoms with Crippen LogP contribution in [0.3, 0.4) is 0 Å². The Labute approximate surface area is 129 Å². The molecule has 0 amide bonds. The summed E-state index contributed by atoms with van der Waals surface area (Å²) in [5.74, 6) is 4.19. The molecule has 4 rings (SSSR count). The predicted molar refractivity (Wildman–Crippen MR) is 88.3 cm³/mol. The Bertz CT molecular complexity index is 514. The molecule has 6 atom stereocenters. The van der Waals surface area contributed by atoms with Crippen LogP contribution in [0.1, 0.15) is 61.8 Å². The van der Waals surface area contributed by atoms with E-state index in [9.17, 15) is 0 Å². The van der Waals surface area contributed by atoms with E-state index >= 15 is 0 Å². The van der Waals surface area contributed by atoms with Crippen molar-refractivity contribution < 1.29 is 0 Å². The molecule has 0 heterocycles. The lowest BCUT2D eigenvalue weighted by Crippen LogP contribution is -2.40. The molecule has 0 radical (unpaired) electrons. The third-order valence-electron chi connectivity index (χ3n) is 6.64. The fourth-order valence-electron chi connectivity index (χ4n) is 5.94. The number of hydrogen-bond acceptors (Lipinski definition) is 1. The molecule has 0 aliphatic heterocycles. The zero-order valence-electron chi connectivity index (χ0n) is 13.7. The molecule has 1 N–H and O–H groups in total. The number of aryl methyl sites for hydroxylation is 2. The van der Waals surface area contributed by atoms with E-state index in [-0.39, 0.29) is 0 Å². The average molecular weight is 283 g/mol. The van der Waals surface area contributed by atoms with Crippen LogP contribution in [0.15, 0.2) is 18.2 Å². The minimum absolute atomic E-state index is 0.493. The summed E-state index contributed by atoms with van der Waals surface area (Å²) in [6, 6.07) is 8.27. The number of benzene rings is 1. The van der Waals surface area contributed by atoms with Crippen molar-refractivity contribution in [3.63, 3.8) is 0 Å². The lowest BCUT2D eigenvalue weighted by atomic mass is 9.79. The number of hydrogen-bond donors (Lipinski definition) is 1. The number of rotatable bonds is 3. The van der Waals surface area contributed by atoms with E-state index in [1.807, 2.05) is 0 Å². The van der Waals surface area contributed by atoms with Gasteiger partial charge in [-0.15, -0.1) is 0 Å². The average Bonchev–Trinajstić information content (AvgIpc) is 3.09. The fraction of sp³-hybridized carbons (Fsp3) is 0.700. The van der Waals surface area contributed by atoms with Gasteiger partial charge in [-0.3, -0.25) is 0 Å². The molecule has 0 aromatic heterocycles. The Hall–Kier alpha value is -0.820. The zero-order valence-corrected chi connectivity index (χ0v) is 13.7. The molecule has 0 spiro atoms. The van der Waals surface area contributed by atoms with Crippen molar-refractivity contribution in [1.29, 1.82) is 0 Å². The van der Waals surface area contributed by atoms with Gasteiger partial charge in [-0.2, -0.15) is 0 Å². The smallest absolute Gasteiger partial charge is 0.0294 e. The molecule has 1 aromatic carbocycles. The second-order valence-electron chi connectivity index (χ2n) is 8.07. The zero-order chi connectivity index (χ0) is 14.6. The Morgan fingerprint density at radius 1 is 0.952 bits per heavy atom. The van der Waals surface area contributed by atoms with Crippen LogP contribution in [0.5, 0.6) is 0 Å². The maximum Gasteiger partial charge on any atom is 0.0294 e. The van der Waals surface area contributed by atoms with Gasteiger partial charge in [0.25, 0.3) is 0 Å². The molecule has 1 nitrogen and oxygen atoms in total. The number of nitrogens with one attached hydrogen (secondary N) is 1. The van der Waals surface area contributed by atoms with Crippen molar-refractivity contribution >= 4 is 0 Å². The minimum Gasteiger partial charge on any atom is -0.307 e. The predicted octanol–water partition coefficient (Wildman–Crippen LogP) is 4.78. The van der Waals surface area contributed by atoms with Crippen molar-refractivity contribution in [3.8, 4) is 0 Å². The van der Waals surface area contributed by atoms with Gasteiger partial charge in [0, 0.05) is 12.1 Å². The van der Waals surface area contributed by atoms with Gasteiger partial charge in [0.05, 0.1) is 0 Å². The first-order valence-electron chi connectivity index (χ1n) is 8.96. The van der Waals surface area contributed by atoms with Gasteiger partial charge in [-0.05, 0) is 75.7 Å². The molecule has 3 fully saturated rings. The maximum absolute atomic E-state index is 3.99. The summed E-state index contributed by atoms with van der Waals surface area (Å²) in [5.41, 5.74) is 4.25. The molecular weight excluding hydrogens is 254 g/mol. The van der Waals surface area contributed by atoms with Gasteiger partial charge in [0.1, 0.15) is 0 Å². The van der Waals surface area contributed by atoms with Crippen LogP contribution < -0.4 is 5.32 Å². The largest absolute Gasteiger partial charge is 0.307 e. The van der Waals surface area contributed by atoms with E-state index in [0.717, 1.165) is 29.7 Å². The lowest BCUT2D eigenvalue weighted by Gasteiger charge is -2.34. The monoisotopic (exact) mass is 283 g/mol. The summed E-state index contributed by atoms with van der Waals surface area (Å²) in [6.07, 6.45) is 7.52. The summed E-state index contributed by atoms with van der Waals surface area (Å²) in [5, 5.41) is 3.99. The minimum atomic E-state index is 0.493. The maximum atomic E-state index is 3.99. The van der Waals surface area contributed by atoms with Crippen LogP contribution >= 0.6 is 0 Å². The van der Waals surface area contributed by atoms with Gasteiger partial charge in [0.15, 0.2) is 0 Å². The van der Waals surface area contributed by atoms with Crippen LogP contribution in [-0.2, 0) is 0 Å². The molecule has 21 heavy (non-hydrogen) atoms. The van der Waals surface area contributed by atoms with Crippen LogP contribution in [-0.4, -0.2) is 6.04 Å². The molecule has 3 saturated carbocycles. The third-order valence-corrected chi connectivity index (χ3v) is 6.64. The molecule has 1 heteroatoms. The topological polar surface area (TPSA) is 12.0 Å². The van der Waals surface area contributed by atoms with Crippen LogP contribution in [0.2, 0.25) is 0 Å². The quantitative estimate of drug-likeness (QED) is 0.842. The highest BCUT2D eigenvalue weighted by atomic mass is 15.0. The fourth-order valence-corrected chi connectivity index (χ4v) is 5.94. The van der Waals surface area contributed by atoms with E-state index in [4.69, 9.17) is 0 Å². The van der Waals surface area contributed by atoms with Crippen LogP contribution in [0, 0.1) is 37.5 Å². The summed E-state index contributed by atoms with van der Waals surface area (Å²) >= 11 is 0. The Morgan fingerprint density at radius 3 is 2.43 bits per heavy atom. The van der Waals surface area contributed by atoms with Crippen molar-refractivity contribution in [1.82, 2.24) is 5.32 Å². The van der Waals surface area contributed by atoms with Crippen molar-refractivity contribution in [2.45, 2.75) is 65.0 Å². The molecule has 3 aliphatic carbocycles. The highest BCUT2D eigenvalue weighted by Gasteiger charge is 2.53. The van der Waals surface area contributed by atoms with E-state index in [1.165, 1.54) is 48.8 Å². The molecule has 3 aliphatic rings. The molecule has 0 saturated heterocycles. The first kappa shape index (κ1) is 13.8. The molecular formula is C20H29N. The first-order chi connectivity index (χ1) is 10.1. The van der Waals surface area contributed by atoms with Crippen molar-refractivity contribution in [2.24, 2.45) is 23.7 Å². The molecule has 2 bridgehead atoms. The van der Waals surface area contributed by atoms with E-state index in [2.05, 4.69) is 44.3 Å². The van der Waals surface area contributed by atoms with Gasteiger partial charge in [-0.25, -0.2) is 0 Å². The second-order valence-corrected chi connectivity index (χ2v) is 8.07. The highest BCUT2D eigenvalue weighted by molar-refractivity contribution is 5.30. The Morgan fingerprint density at radius 2 is 1.67 bits per heavy atom. The van der Waals surface area contributed by atoms with E-state index in [1.54, 1.807) is 0 Å². The second kappa shape index (κ2) is 5.12. The summed E-state index contributed by atoms with van der Waals surface area (Å²) in [4.78, 5) is 0. The standard InChI is InChI=1S/C20H29N/c1-12-7-13(2)9-15(8-12)14(3)21-20-11-16-10-19(20)18-6-4-5-17(16)18/h7-9,14,16-21H,4-6,10-11H2,1-3H3. The van der Waals surface area contributed by atoms with Crippen molar-refractivity contribution in [2.75, 3.05) is 0 Å². The van der Waals surface area contributed by atoms with Crippen LogP contribution in [0.25, 0.3) is 0 Å². The summed E-state index contributed by atoms with van der Waals surface area (Å²) < 4.78 is 0. The molecule has 1 aromatic rings. The van der Waals surface area contributed by atoms with Crippen LogP contribution in [0.4, 0.5) is 0 Å². The Balaban J connectivity index is 1.47. The van der Waals surface area contributed by atoms with E-state index < -0.39 is 0 Å². The van der Waals surface area contributed by atoms with Gasteiger partial charge >= 0.3 is 0 Å². The summed E-state index contributed by atoms with van der Waals surface area (Å²) in [7, 11) is 0. The summed E-state index contributed by atoms with van der Waals surface area (Å²) in [6.45, 7) is 6.78. The van der Waals surface area contributed by atoms with Gasteiger partial charge < -0.3 is 5.32 Å². The van der Waals surface area contributed by atoms with Gasteiger partial charge in [0.2, 0.25) is 0 Å².